The van der Waals surface area contributed by atoms with E-state index in [1.807, 2.05) is 0 Å². The number of anilines is 1. The van der Waals surface area contributed by atoms with E-state index in [9.17, 15) is 5.11 Å². The van der Waals surface area contributed by atoms with E-state index in [0.29, 0.717) is 18.1 Å². The lowest BCUT2D eigenvalue weighted by Gasteiger charge is -2.28. The number of rotatable bonds is 5. The Morgan fingerprint density at radius 3 is 2.89 bits per heavy atom. The molecule has 2 rings (SSSR count). The van der Waals surface area contributed by atoms with Gasteiger partial charge in [-0.15, -0.1) is 0 Å². The van der Waals surface area contributed by atoms with Gasteiger partial charge >= 0.3 is 0 Å². The molecular weight excluding hydrogens is 254 g/mol. The number of β-amino-alcohol motifs (C(OH)–C–C–N with tert-alkyl or cyclic N) is 1. The Kier molecular flexibility index (Phi) is 5.19. The Balaban J connectivity index is 1.70. The van der Waals surface area contributed by atoms with Crippen molar-refractivity contribution < 1.29 is 9.84 Å². The Labute approximate surface area is 112 Å². The molecule has 18 heavy (non-hydrogen) atoms. The van der Waals surface area contributed by atoms with Crippen LogP contribution in [0.1, 0.15) is 0 Å². The molecule has 100 valence electrons. The standard InChI is InChI=1S/C12H18ClN3O2/c13-10-1-2-12(14-7-10)15-8-11(17)9-16-3-5-18-6-4-16/h1-2,7,11,17H,3-6,8-9H2,(H,14,15). The molecule has 0 radical (unpaired) electrons. The molecule has 1 aromatic heterocycles. The van der Waals surface area contributed by atoms with Gasteiger partial charge < -0.3 is 15.2 Å². The second-order valence-corrected chi connectivity index (χ2v) is 4.75. The van der Waals surface area contributed by atoms with E-state index in [2.05, 4.69) is 15.2 Å². The van der Waals surface area contributed by atoms with Crippen LogP contribution in [0.2, 0.25) is 5.02 Å². The van der Waals surface area contributed by atoms with Crippen molar-refractivity contribution in [2.24, 2.45) is 0 Å². The van der Waals surface area contributed by atoms with Crippen LogP contribution >= 0.6 is 11.6 Å². The zero-order valence-electron chi connectivity index (χ0n) is 10.2. The summed E-state index contributed by atoms with van der Waals surface area (Å²) in [5, 5.41) is 13.6. The lowest BCUT2D eigenvalue weighted by Crippen LogP contribution is -2.42. The van der Waals surface area contributed by atoms with Gasteiger partial charge in [-0.2, -0.15) is 0 Å². The number of nitrogens with zero attached hydrogens (tertiary/aromatic N) is 2. The maximum Gasteiger partial charge on any atom is 0.126 e. The highest BCUT2D eigenvalue weighted by Gasteiger charge is 2.14. The molecule has 1 unspecified atom stereocenters. The summed E-state index contributed by atoms with van der Waals surface area (Å²) in [6.45, 7) is 4.40. The van der Waals surface area contributed by atoms with Crippen molar-refractivity contribution in [3.8, 4) is 0 Å². The first-order valence-electron chi connectivity index (χ1n) is 6.07. The first-order chi connectivity index (χ1) is 8.74. The molecule has 1 aliphatic rings. The second-order valence-electron chi connectivity index (χ2n) is 4.31. The third kappa shape index (κ3) is 4.42. The normalized spacial score (nSPS) is 18.6. The molecule has 5 nitrogen and oxygen atoms in total. The van der Waals surface area contributed by atoms with Crippen LogP contribution < -0.4 is 5.32 Å². The molecule has 1 aromatic rings. The molecular formula is C12H18ClN3O2. The van der Waals surface area contributed by atoms with Crippen molar-refractivity contribution in [1.29, 1.82) is 0 Å². The third-order valence-corrected chi connectivity index (χ3v) is 3.04. The molecule has 0 aromatic carbocycles. The molecule has 0 aliphatic carbocycles. The van der Waals surface area contributed by atoms with E-state index in [0.717, 1.165) is 32.1 Å². The number of nitrogens with one attached hydrogen (secondary N) is 1. The first-order valence-corrected chi connectivity index (χ1v) is 6.45. The third-order valence-electron chi connectivity index (χ3n) is 2.82. The quantitative estimate of drug-likeness (QED) is 0.831. The number of halogens is 1. The lowest BCUT2D eigenvalue weighted by atomic mass is 10.3. The molecule has 6 heteroatoms. The Morgan fingerprint density at radius 2 is 2.22 bits per heavy atom. The van der Waals surface area contributed by atoms with Gasteiger partial charge in [0.25, 0.3) is 0 Å². The van der Waals surface area contributed by atoms with Crippen LogP contribution in [0.25, 0.3) is 0 Å². The van der Waals surface area contributed by atoms with Gasteiger partial charge in [0.05, 0.1) is 24.3 Å². The van der Waals surface area contributed by atoms with Gasteiger partial charge in [0.1, 0.15) is 5.82 Å². The van der Waals surface area contributed by atoms with Crippen LogP contribution in [0.5, 0.6) is 0 Å². The van der Waals surface area contributed by atoms with Gasteiger partial charge in [-0.05, 0) is 12.1 Å². The van der Waals surface area contributed by atoms with Crippen LogP contribution in [-0.4, -0.2) is 60.5 Å². The predicted molar refractivity (Wildman–Crippen MR) is 71.0 cm³/mol. The molecule has 0 amide bonds. The number of ether oxygens (including phenoxy) is 1. The van der Waals surface area contributed by atoms with Gasteiger partial charge in [-0.3, -0.25) is 4.90 Å². The molecule has 1 aliphatic heterocycles. The highest BCUT2D eigenvalue weighted by atomic mass is 35.5. The van der Waals surface area contributed by atoms with Crippen molar-refractivity contribution >= 4 is 17.4 Å². The van der Waals surface area contributed by atoms with Crippen LogP contribution in [0, 0.1) is 0 Å². The van der Waals surface area contributed by atoms with Gasteiger partial charge in [0.2, 0.25) is 0 Å². The summed E-state index contributed by atoms with van der Waals surface area (Å²) in [5.41, 5.74) is 0. The minimum Gasteiger partial charge on any atom is -0.390 e. The van der Waals surface area contributed by atoms with Crippen molar-refractivity contribution in [2.75, 3.05) is 44.7 Å². The zero-order chi connectivity index (χ0) is 12.8. The number of aromatic nitrogens is 1. The van der Waals surface area contributed by atoms with Gasteiger partial charge in [0, 0.05) is 32.4 Å². The minimum atomic E-state index is -0.416. The Bertz CT molecular complexity index is 355. The minimum absolute atomic E-state index is 0.416. The number of pyridine rings is 1. The molecule has 2 N–H and O–H groups in total. The fourth-order valence-corrected chi connectivity index (χ4v) is 1.96. The molecule has 0 spiro atoms. The van der Waals surface area contributed by atoms with Crippen LogP contribution in [0.4, 0.5) is 5.82 Å². The average Bonchev–Trinajstić information content (AvgIpc) is 2.39. The summed E-state index contributed by atoms with van der Waals surface area (Å²) < 4.78 is 5.26. The summed E-state index contributed by atoms with van der Waals surface area (Å²) in [4.78, 5) is 6.31. The fourth-order valence-electron chi connectivity index (χ4n) is 1.85. The number of hydrogen-bond acceptors (Lipinski definition) is 5. The van der Waals surface area contributed by atoms with E-state index in [4.69, 9.17) is 16.3 Å². The number of hydrogen-bond donors (Lipinski definition) is 2. The van der Waals surface area contributed by atoms with Crippen molar-refractivity contribution in [2.45, 2.75) is 6.10 Å². The van der Waals surface area contributed by atoms with Gasteiger partial charge in [-0.25, -0.2) is 4.98 Å². The molecule has 1 fully saturated rings. The maximum absolute atomic E-state index is 9.92. The summed E-state index contributed by atoms with van der Waals surface area (Å²) in [6.07, 6.45) is 1.17. The SMILES string of the molecule is OC(CNc1ccc(Cl)cn1)CN1CCOCC1. The summed E-state index contributed by atoms with van der Waals surface area (Å²) in [6, 6.07) is 3.56. The van der Waals surface area contributed by atoms with E-state index in [1.165, 1.54) is 0 Å². The van der Waals surface area contributed by atoms with Gasteiger partial charge in [-0.1, -0.05) is 11.6 Å². The Hall–Kier alpha value is -0.880. The van der Waals surface area contributed by atoms with E-state index < -0.39 is 6.10 Å². The molecule has 0 bridgehead atoms. The summed E-state index contributed by atoms with van der Waals surface area (Å²) in [5.74, 6) is 0.723. The average molecular weight is 272 g/mol. The molecule has 1 saturated heterocycles. The predicted octanol–water partition coefficient (Wildman–Crippen LogP) is 0.840. The monoisotopic (exact) mass is 271 g/mol. The molecule has 2 heterocycles. The fraction of sp³-hybridized carbons (Fsp3) is 0.583. The Morgan fingerprint density at radius 1 is 1.44 bits per heavy atom. The van der Waals surface area contributed by atoms with Crippen molar-refractivity contribution in [3.05, 3.63) is 23.4 Å². The topological polar surface area (TPSA) is 57.6 Å². The highest BCUT2D eigenvalue weighted by Crippen LogP contribution is 2.09. The number of aliphatic hydroxyl groups excluding tert-OH is 1. The zero-order valence-corrected chi connectivity index (χ0v) is 10.9. The van der Waals surface area contributed by atoms with E-state index in [-0.39, 0.29) is 0 Å². The number of morpholine rings is 1. The van der Waals surface area contributed by atoms with Crippen LogP contribution in [-0.2, 0) is 4.74 Å². The highest BCUT2D eigenvalue weighted by molar-refractivity contribution is 6.30. The summed E-state index contributed by atoms with van der Waals surface area (Å²) in [7, 11) is 0. The number of aliphatic hydroxyl groups is 1. The van der Waals surface area contributed by atoms with Crippen molar-refractivity contribution in [3.63, 3.8) is 0 Å². The van der Waals surface area contributed by atoms with Gasteiger partial charge in [0.15, 0.2) is 0 Å². The maximum atomic E-state index is 9.92. The largest absolute Gasteiger partial charge is 0.390 e. The lowest BCUT2D eigenvalue weighted by molar-refractivity contribution is 0.0171. The first kappa shape index (κ1) is 13.5. The second kappa shape index (κ2) is 6.89. The summed E-state index contributed by atoms with van der Waals surface area (Å²) >= 11 is 5.75. The molecule has 0 saturated carbocycles. The van der Waals surface area contributed by atoms with Crippen molar-refractivity contribution in [1.82, 2.24) is 9.88 Å². The van der Waals surface area contributed by atoms with E-state index in [1.54, 1.807) is 18.3 Å². The smallest absolute Gasteiger partial charge is 0.126 e. The van der Waals surface area contributed by atoms with Crippen LogP contribution in [0.3, 0.4) is 0 Å². The van der Waals surface area contributed by atoms with Crippen LogP contribution in [0.15, 0.2) is 18.3 Å². The molecule has 1 atom stereocenters. The van der Waals surface area contributed by atoms with E-state index >= 15 is 0 Å².